The van der Waals surface area contributed by atoms with Gasteiger partial charge in [-0.2, -0.15) is 0 Å². The van der Waals surface area contributed by atoms with Crippen LogP contribution in [0.5, 0.6) is 0 Å². The fourth-order valence-electron chi connectivity index (χ4n) is 1.17. The number of nitrogens with two attached hydrogens (primary N) is 1. The van der Waals surface area contributed by atoms with E-state index in [0.717, 1.165) is 3.79 Å². The van der Waals surface area contributed by atoms with Crippen LogP contribution in [0.25, 0.3) is 0 Å². The molecule has 1 heterocycles. The van der Waals surface area contributed by atoms with Crippen molar-refractivity contribution in [2.75, 3.05) is 26.7 Å². The lowest BCUT2D eigenvalue weighted by Crippen LogP contribution is -2.39. The Hall–Kier alpha value is -0.920. The van der Waals surface area contributed by atoms with Crippen LogP contribution in [0.4, 0.5) is 0 Å². The van der Waals surface area contributed by atoms with Crippen LogP contribution in [-0.4, -0.2) is 43.4 Å². The highest BCUT2D eigenvalue weighted by atomic mass is 79.9. The lowest BCUT2D eigenvalue weighted by molar-refractivity contribution is -0.121. The van der Waals surface area contributed by atoms with Gasteiger partial charge in [-0.15, -0.1) is 11.3 Å². The first-order valence-corrected chi connectivity index (χ1v) is 6.63. The van der Waals surface area contributed by atoms with E-state index in [4.69, 9.17) is 5.73 Å². The summed E-state index contributed by atoms with van der Waals surface area (Å²) in [5.41, 5.74) is 5.26. The molecule has 7 heteroatoms. The molecule has 0 saturated heterocycles. The molecule has 1 rings (SSSR count). The van der Waals surface area contributed by atoms with Gasteiger partial charge in [-0.25, -0.2) is 0 Å². The summed E-state index contributed by atoms with van der Waals surface area (Å²) in [6.45, 7) is 0.848. The lowest BCUT2D eigenvalue weighted by atomic mass is 10.4. The summed E-state index contributed by atoms with van der Waals surface area (Å²) in [6, 6.07) is 3.53. The summed E-state index contributed by atoms with van der Waals surface area (Å²) in [6.07, 6.45) is 0. The van der Waals surface area contributed by atoms with E-state index in [1.54, 1.807) is 19.2 Å². The molecule has 0 radical (unpaired) electrons. The maximum absolute atomic E-state index is 11.9. The molecule has 0 aromatic carbocycles. The molecule has 0 aliphatic rings. The number of carbonyl (C=O) groups excluding carboxylic acids is 2. The van der Waals surface area contributed by atoms with Gasteiger partial charge in [0.1, 0.15) is 0 Å². The average molecular weight is 320 g/mol. The zero-order valence-electron chi connectivity index (χ0n) is 9.40. The van der Waals surface area contributed by atoms with Gasteiger partial charge in [-0.05, 0) is 28.1 Å². The molecule has 0 unspecified atom stereocenters. The van der Waals surface area contributed by atoms with E-state index in [-0.39, 0.29) is 18.4 Å². The first kappa shape index (κ1) is 14.1. The predicted molar refractivity (Wildman–Crippen MR) is 71.0 cm³/mol. The number of thiophene rings is 1. The average Bonchev–Trinajstić information content (AvgIpc) is 2.72. The molecule has 0 bridgehead atoms. The third kappa shape index (κ3) is 4.45. The second-order valence-electron chi connectivity index (χ2n) is 3.40. The van der Waals surface area contributed by atoms with E-state index in [1.807, 2.05) is 0 Å². The topological polar surface area (TPSA) is 75.4 Å². The van der Waals surface area contributed by atoms with Gasteiger partial charge >= 0.3 is 0 Å². The minimum Gasteiger partial charge on any atom is -0.353 e. The maximum Gasteiger partial charge on any atom is 0.264 e. The number of nitrogens with zero attached hydrogens (tertiary/aromatic N) is 1. The van der Waals surface area contributed by atoms with Gasteiger partial charge in [0.2, 0.25) is 5.91 Å². The normalized spacial score (nSPS) is 10.1. The van der Waals surface area contributed by atoms with Gasteiger partial charge in [0.05, 0.1) is 15.2 Å². The number of hydrogen-bond acceptors (Lipinski definition) is 4. The smallest absolute Gasteiger partial charge is 0.264 e. The quantitative estimate of drug-likeness (QED) is 0.837. The molecule has 1 aromatic heterocycles. The summed E-state index contributed by atoms with van der Waals surface area (Å²) in [5.74, 6) is -0.370. The van der Waals surface area contributed by atoms with E-state index < -0.39 is 0 Å². The molecule has 1 aromatic rings. The second-order valence-corrected chi connectivity index (χ2v) is 5.87. The van der Waals surface area contributed by atoms with Crippen molar-refractivity contribution in [2.45, 2.75) is 0 Å². The monoisotopic (exact) mass is 319 g/mol. The van der Waals surface area contributed by atoms with Crippen molar-refractivity contribution in [2.24, 2.45) is 5.73 Å². The van der Waals surface area contributed by atoms with Crippen molar-refractivity contribution in [3.8, 4) is 0 Å². The summed E-state index contributed by atoms with van der Waals surface area (Å²) < 4.78 is 0.891. The standard InChI is InChI=1S/C10H14BrN3O2S/c1-14(6-9(15)13-5-4-12)10(16)7-2-3-8(11)17-7/h2-3H,4-6,12H2,1H3,(H,13,15). The van der Waals surface area contributed by atoms with Gasteiger partial charge in [0, 0.05) is 20.1 Å². The predicted octanol–water partition coefficient (Wildman–Crippen LogP) is 0.658. The first-order valence-electron chi connectivity index (χ1n) is 5.02. The van der Waals surface area contributed by atoms with Crippen LogP contribution in [-0.2, 0) is 4.79 Å². The van der Waals surface area contributed by atoms with Gasteiger partial charge < -0.3 is 16.0 Å². The van der Waals surface area contributed by atoms with Crippen LogP contribution in [0.1, 0.15) is 9.67 Å². The summed E-state index contributed by atoms with van der Waals surface area (Å²) >= 11 is 4.63. The first-order chi connectivity index (χ1) is 8.04. The molecular formula is C10H14BrN3O2S. The molecule has 0 aliphatic heterocycles. The molecule has 0 aliphatic carbocycles. The fourth-order valence-corrected chi connectivity index (χ4v) is 2.55. The number of carbonyl (C=O) groups is 2. The lowest BCUT2D eigenvalue weighted by Gasteiger charge is -2.15. The van der Waals surface area contributed by atoms with Crippen LogP contribution < -0.4 is 11.1 Å². The van der Waals surface area contributed by atoms with E-state index >= 15 is 0 Å². The SMILES string of the molecule is CN(CC(=O)NCCN)C(=O)c1ccc(Br)s1. The number of hydrogen-bond donors (Lipinski definition) is 2. The van der Waals surface area contributed by atoms with Gasteiger partial charge in [0.15, 0.2) is 0 Å². The number of likely N-dealkylation sites (N-methyl/N-ethyl adjacent to an activating group) is 1. The summed E-state index contributed by atoms with van der Waals surface area (Å²) in [4.78, 5) is 25.2. The van der Waals surface area contributed by atoms with Gasteiger partial charge in [-0.3, -0.25) is 9.59 Å². The number of halogens is 1. The minimum absolute atomic E-state index is 0.0361. The number of nitrogens with one attached hydrogen (secondary N) is 1. The van der Waals surface area contributed by atoms with Crippen molar-refractivity contribution >= 4 is 39.1 Å². The van der Waals surface area contributed by atoms with E-state index in [9.17, 15) is 9.59 Å². The molecule has 17 heavy (non-hydrogen) atoms. The Balaban J connectivity index is 2.50. The Kier molecular flexibility index (Phi) is 5.60. The van der Waals surface area contributed by atoms with E-state index in [2.05, 4.69) is 21.2 Å². The van der Waals surface area contributed by atoms with E-state index in [1.165, 1.54) is 16.2 Å². The van der Waals surface area contributed by atoms with Crippen LogP contribution in [0.2, 0.25) is 0 Å². The highest BCUT2D eigenvalue weighted by molar-refractivity contribution is 9.11. The zero-order valence-corrected chi connectivity index (χ0v) is 11.8. The number of amides is 2. The van der Waals surface area contributed by atoms with Crippen molar-refractivity contribution in [1.29, 1.82) is 0 Å². The van der Waals surface area contributed by atoms with Crippen LogP contribution in [0.15, 0.2) is 15.9 Å². The minimum atomic E-state index is -0.207. The largest absolute Gasteiger partial charge is 0.353 e. The number of rotatable bonds is 5. The van der Waals surface area contributed by atoms with Crippen molar-refractivity contribution in [3.05, 3.63) is 20.8 Å². The van der Waals surface area contributed by atoms with Crippen LogP contribution >= 0.6 is 27.3 Å². The Labute approximate surface area is 112 Å². The molecule has 2 amide bonds. The molecule has 5 nitrogen and oxygen atoms in total. The van der Waals surface area contributed by atoms with Crippen LogP contribution in [0, 0.1) is 0 Å². The Bertz CT molecular complexity index is 408. The van der Waals surface area contributed by atoms with Gasteiger partial charge in [-0.1, -0.05) is 0 Å². The van der Waals surface area contributed by atoms with Crippen molar-refractivity contribution < 1.29 is 9.59 Å². The zero-order chi connectivity index (χ0) is 12.8. The Morgan fingerprint density at radius 3 is 2.76 bits per heavy atom. The van der Waals surface area contributed by atoms with Crippen LogP contribution in [0.3, 0.4) is 0 Å². The summed E-state index contributed by atoms with van der Waals surface area (Å²) in [5, 5.41) is 2.61. The molecule has 0 fully saturated rings. The third-order valence-electron chi connectivity index (χ3n) is 1.98. The maximum atomic E-state index is 11.9. The molecule has 0 spiro atoms. The Morgan fingerprint density at radius 1 is 1.53 bits per heavy atom. The van der Waals surface area contributed by atoms with E-state index in [0.29, 0.717) is 18.0 Å². The molecule has 94 valence electrons. The molecule has 3 N–H and O–H groups in total. The second kappa shape index (κ2) is 6.73. The highest BCUT2D eigenvalue weighted by Gasteiger charge is 2.16. The summed E-state index contributed by atoms with van der Waals surface area (Å²) in [7, 11) is 1.60. The van der Waals surface area contributed by atoms with Crippen molar-refractivity contribution in [1.82, 2.24) is 10.2 Å². The molecular weight excluding hydrogens is 306 g/mol. The van der Waals surface area contributed by atoms with Gasteiger partial charge in [0.25, 0.3) is 5.91 Å². The van der Waals surface area contributed by atoms with Crippen molar-refractivity contribution in [3.63, 3.8) is 0 Å². The fraction of sp³-hybridized carbons (Fsp3) is 0.400. The third-order valence-corrected chi connectivity index (χ3v) is 3.59. The Morgan fingerprint density at radius 2 is 2.24 bits per heavy atom. The molecule has 0 saturated carbocycles. The molecule has 0 atom stereocenters. The highest BCUT2D eigenvalue weighted by Crippen LogP contribution is 2.22.